The van der Waals surface area contributed by atoms with Crippen LogP contribution in [0.1, 0.15) is 0 Å². The third-order valence-corrected chi connectivity index (χ3v) is 0.285. The maximum atomic E-state index is 4.57. The Morgan fingerprint density at radius 1 is 1.83 bits per heavy atom. The van der Waals surface area contributed by atoms with Crippen LogP contribution in [0.4, 0.5) is 0 Å². The summed E-state index contributed by atoms with van der Waals surface area (Å²) in [5.41, 5.74) is 0. The zero-order chi connectivity index (χ0) is 4.12. The van der Waals surface area contributed by atoms with Crippen molar-refractivity contribution in [1.82, 2.24) is 0 Å². The van der Waals surface area contributed by atoms with Crippen molar-refractivity contribution in [2.75, 3.05) is 13.7 Å². The normalized spacial score (nSPS) is 6.17. The van der Waals surface area contributed by atoms with Crippen LogP contribution >= 0.6 is 0 Å². The first-order valence-corrected chi connectivity index (χ1v) is 1.51. The fourth-order valence-corrected chi connectivity index (χ4v) is 0.118. The summed E-state index contributed by atoms with van der Waals surface area (Å²) < 4.78 is 4.57. The molecule has 32 valence electrons. The predicted molar refractivity (Wildman–Crippen MR) is 29.2 cm³/mol. The van der Waals surface area contributed by atoms with Gasteiger partial charge < -0.3 is 4.74 Å². The van der Waals surface area contributed by atoms with E-state index in [-0.39, 0.29) is 29.6 Å². The zero-order valence-corrected chi connectivity index (χ0v) is 3.40. The fraction of sp³-hybridized carbons (Fsp3) is 0.500. The molecule has 6 heavy (non-hydrogen) atoms. The molecule has 0 heterocycles. The van der Waals surface area contributed by atoms with E-state index in [9.17, 15) is 0 Å². The van der Waals surface area contributed by atoms with Gasteiger partial charge in [0.1, 0.15) is 0 Å². The Labute approximate surface area is 60.7 Å². The van der Waals surface area contributed by atoms with Gasteiger partial charge in [0, 0.05) is 7.11 Å². The van der Waals surface area contributed by atoms with Crippen molar-refractivity contribution in [2.24, 2.45) is 0 Å². The van der Waals surface area contributed by atoms with Crippen LogP contribution in [0.3, 0.4) is 0 Å². The van der Waals surface area contributed by atoms with Crippen molar-refractivity contribution in [3.8, 4) is 0 Å². The Morgan fingerprint density at radius 2 is 2.33 bits per heavy atom. The van der Waals surface area contributed by atoms with Crippen LogP contribution in [0.15, 0.2) is 12.7 Å². The second-order valence-corrected chi connectivity index (χ2v) is 0.744. The first-order valence-electron chi connectivity index (χ1n) is 1.51. The molecule has 0 amide bonds. The van der Waals surface area contributed by atoms with Gasteiger partial charge in [-0.25, -0.2) is 0 Å². The van der Waals surface area contributed by atoms with Crippen molar-refractivity contribution < 1.29 is 4.74 Å². The second-order valence-electron chi connectivity index (χ2n) is 0.744. The average Bonchev–Trinajstić information content (AvgIpc) is 1.41. The second kappa shape index (κ2) is 9.20. The van der Waals surface area contributed by atoms with Crippen LogP contribution in [0.2, 0.25) is 0 Å². The SMILES string of the molecule is C=CCOC.[NaH]. The molecule has 0 aliphatic heterocycles. The van der Waals surface area contributed by atoms with Crippen LogP contribution in [0, 0.1) is 0 Å². The summed E-state index contributed by atoms with van der Waals surface area (Å²) >= 11 is 0. The number of rotatable bonds is 2. The first-order chi connectivity index (χ1) is 2.41. The molecule has 0 unspecified atom stereocenters. The van der Waals surface area contributed by atoms with E-state index in [1.807, 2.05) is 0 Å². The van der Waals surface area contributed by atoms with E-state index in [2.05, 4.69) is 11.3 Å². The summed E-state index contributed by atoms with van der Waals surface area (Å²) in [5, 5.41) is 0. The van der Waals surface area contributed by atoms with Crippen molar-refractivity contribution in [3.05, 3.63) is 12.7 Å². The summed E-state index contributed by atoms with van der Waals surface area (Å²) in [6, 6.07) is 0. The van der Waals surface area contributed by atoms with Gasteiger partial charge in [0.2, 0.25) is 0 Å². The molecule has 0 bridgehead atoms. The summed E-state index contributed by atoms with van der Waals surface area (Å²) in [7, 11) is 1.64. The van der Waals surface area contributed by atoms with E-state index in [0.717, 1.165) is 0 Å². The molecular weight excluding hydrogens is 87.0 g/mol. The molecule has 0 rings (SSSR count). The summed E-state index contributed by atoms with van der Waals surface area (Å²) in [6.07, 6.45) is 1.71. The van der Waals surface area contributed by atoms with E-state index >= 15 is 0 Å². The van der Waals surface area contributed by atoms with Crippen molar-refractivity contribution in [3.63, 3.8) is 0 Å². The molecule has 1 nitrogen and oxygen atoms in total. The van der Waals surface area contributed by atoms with Gasteiger partial charge in [0.25, 0.3) is 0 Å². The third-order valence-electron chi connectivity index (χ3n) is 0.285. The predicted octanol–water partition coefficient (Wildman–Crippen LogP) is 0.170. The first kappa shape index (κ1) is 9.85. The van der Waals surface area contributed by atoms with Gasteiger partial charge in [0.15, 0.2) is 0 Å². The van der Waals surface area contributed by atoms with Crippen molar-refractivity contribution in [2.45, 2.75) is 0 Å². The number of hydrogen-bond acceptors (Lipinski definition) is 1. The van der Waals surface area contributed by atoms with E-state index in [0.29, 0.717) is 6.61 Å². The van der Waals surface area contributed by atoms with Crippen LogP contribution in [-0.4, -0.2) is 43.3 Å². The van der Waals surface area contributed by atoms with Crippen molar-refractivity contribution >= 4 is 29.6 Å². The minimum absolute atomic E-state index is 0. The summed E-state index contributed by atoms with van der Waals surface area (Å²) in [4.78, 5) is 0. The quantitative estimate of drug-likeness (QED) is 0.351. The summed E-state index contributed by atoms with van der Waals surface area (Å²) in [6.45, 7) is 4.08. The molecule has 0 radical (unpaired) electrons. The van der Waals surface area contributed by atoms with Gasteiger partial charge in [0.05, 0.1) is 6.61 Å². The Bertz CT molecular complexity index is 28.7. The molecule has 0 aliphatic rings. The van der Waals surface area contributed by atoms with Gasteiger partial charge in [-0.2, -0.15) is 0 Å². The fourth-order valence-electron chi connectivity index (χ4n) is 0.118. The number of ether oxygens (including phenoxy) is 1. The van der Waals surface area contributed by atoms with E-state index < -0.39 is 0 Å². The van der Waals surface area contributed by atoms with Gasteiger partial charge in [-0.3, -0.25) is 0 Å². The Balaban J connectivity index is 0. The molecule has 0 saturated heterocycles. The van der Waals surface area contributed by atoms with Crippen LogP contribution < -0.4 is 0 Å². The van der Waals surface area contributed by atoms with Gasteiger partial charge >= 0.3 is 29.6 Å². The standard InChI is InChI=1S/C4H8O.Na.H/c1-3-4-5-2;;/h3H,1,4H2,2H3;;. The van der Waals surface area contributed by atoms with Gasteiger partial charge in [-0.15, -0.1) is 6.58 Å². The van der Waals surface area contributed by atoms with Crippen LogP contribution in [0.5, 0.6) is 0 Å². The minimum atomic E-state index is 0. The molecule has 0 spiro atoms. The molecule has 0 N–H and O–H groups in total. The molecule has 0 aliphatic carbocycles. The molecule has 0 aromatic heterocycles. The topological polar surface area (TPSA) is 9.23 Å². The van der Waals surface area contributed by atoms with Crippen molar-refractivity contribution in [1.29, 1.82) is 0 Å². The number of hydrogen-bond donors (Lipinski definition) is 0. The average molecular weight is 96.1 g/mol. The molecule has 0 aromatic rings. The van der Waals surface area contributed by atoms with Crippen LogP contribution in [-0.2, 0) is 4.74 Å². The molecule has 0 atom stereocenters. The zero-order valence-electron chi connectivity index (χ0n) is 3.40. The van der Waals surface area contributed by atoms with Gasteiger partial charge in [-0.1, -0.05) is 6.08 Å². The third kappa shape index (κ3) is 8.83. The Hall–Kier alpha value is 0.700. The van der Waals surface area contributed by atoms with E-state index in [4.69, 9.17) is 0 Å². The van der Waals surface area contributed by atoms with Crippen LogP contribution in [0.25, 0.3) is 0 Å². The number of methoxy groups -OCH3 is 1. The molecule has 0 saturated carbocycles. The monoisotopic (exact) mass is 96.1 g/mol. The molecule has 0 aromatic carbocycles. The molecule has 0 fully saturated rings. The maximum absolute atomic E-state index is 4.57. The van der Waals surface area contributed by atoms with E-state index in [1.165, 1.54) is 0 Å². The molecule has 2 heteroatoms. The van der Waals surface area contributed by atoms with Gasteiger partial charge in [-0.05, 0) is 0 Å². The molecular formula is C4H9NaO. The van der Waals surface area contributed by atoms with E-state index in [1.54, 1.807) is 13.2 Å². The Kier molecular flexibility index (Phi) is 15.1. The summed E-state index contributed by atoms with van der Waals surface area (Å²) in [5.74, 6) is 0. The Morgan fingerprint density at radius 3 is 2.33 bits per heavy atom.